The largest absolute Gasteiger partial charge is 0.393 e. The van der Waals surface area contributed by atoms with Crippen molar-refractivity contribution in [2.24, 2.45) is 10.7 Å². The Kier molecular flexibility index (Phi) is 4.11. The molecular weight excluding hydrogens is 304 g/mol. The van der Waals surface area contributed by atoms with E-state index < -0.39 is 11.8 Å². The van der Waals surface area contributed by atoms with Crippen LogP contribution >= 0.6 is 0 Å². The van der Waals surface area contributed by atoms with Crippen LogP contribution in [0.3, 0.4) is 0 Å². The van der Waals surface area contributed by atoms with Crippen molar-refractivity contribution < 1.29 is 9.59 Å². The first kappa shape index (κ1) is 15.5. The zero-order valence-electron chi connectivity index (χ0n) is 13.0. The summed E-state index contributed by atoms with van der Waals surface area (Å²) in [5, 5.41) is 5.24. The van der Waals surface area contributed by atoms with Crippen LogP contribution in [0, 0.1) is 6.92 Å². The second-order valence-corrected chi connectivity index (χ2v) is 5.36. The smallest absolute Gasteiger partial charge is 0.273 e. The van der Waals surface area contributed by atoms with Crippen LogP contribution in [-0.2, 0) is 9.59 Å². The monoisotopic (exact) mass is 320 g/mol. The molecule has 3 rings (SSSR count). The molecular formula is C18H16N4O2. The number of aliphatic imine (C=N–C) groups is 1. The van der Waals surface area contributed by atoms with Gasteiger partial charge in [-0.3, -0.25) is 9.59 Å². The molecule has 0 saturated carbocycles. The zero-order valence-corrected chi connectivity index (χ0v) is 13.0. The molecule has 2 amide bonds. The summed E-state index contributed by atoms with van der Waals surface area (Å²) in [6.45, 7) is 1.96. The number of nitrogens with two attached hydrogens (primary N) is 1. The Balaban J connectivity index is 1.91. The van der Waals surface area contributed by atoms with Gasteiger partial charge in [-0.25, -0.2) is 4.99 Å². The van der Waals surface area contributed by atoms with E-state index in [-0.39, 0.29) is 17.1 Å². The van der Waals surface area contributed by atoms with E-state index in [4.69, 9.17) is 5.73 Å². The molecule has 0 unspecified atom stereocenters. The molecule has 6 nitrogen and oxygen atoms in total. The summed E-state index contributed by atoms with van der Waals surface area (Å²) in [4.78, 5) is 28.7. The minimum atomic E-state index is -0.529. The fraction of sp³-hybridized carbons (Fsp3) is 0.0556. The Labute approximate surface area is 139 Å². The van der Waals surface area contributed by atoms with Crippen molar-refractivity contribution in [1.82, 2.24) is 5.32 Å². The first-order valence-electron chi connectivity index (χ1n) is 7.38. The van der Waals surface area contributed by atoms with Crippen molar-refractivity contribution in [2.75, 3.05) is 5.32 Å². The lowest BCUT2D eigenvalue weighted by molar-refractivity contribution is -0.116. The van der Waals surface area contributed by atoms with Crippen LogP contribution < -0.4 is 16.4 Å². The first-order valence-corrected chi connectivity index (χ1v) is 7.38. The molecule has 120 valence electrons. The second kappa shape index (κ2) is 6.37. The Hall–Kier alpha value is -3.41. The number of amides is 2. The zero-order chi connectivity index (χ0) is 17.1. The van der Waals surface area contributed by atoms with Gasteiger partial charge in [0.1, 0.15) is 17.1 Å². The molecule has 1 aliphatic heterocycles. The van der Waals surface area contributed by atoms with Gasteiger partial charge in [-0.1, -0.05) is 35.9 Å². The van der Waals surface area contributed by atoms with E-state index >= 15 is 0 Å². The third-order valence-corrected chi connectivity index (χ3v) is 3.52. The molecule has 0 fully saturated rings. The van der Waals surface area contributed by atoms with Crippen molar-refractivity contribution in [1.29, 1.82) is 0 Å². The normalized spacial score (nSPS) is 15.5. The SMILES string of the molecule is Cc1ccc(N=C2NC(=O)C(N)=C2C(=O)Nc2ccccc2)cc1. The average molecular weight is 320 g/mol. The lowest BCUT2D eigenvalue weighted by Gasteiger charge is -2.07. The number of hydrogen-bond donors (Lipinski definition) is 3. The van der Waals surface area contributed by atoms with Gasteiger partial charge < -0.3 is 16.4 Å². The quantitative estimate of drug-likeness (QED) is 0.807. The number of carbonyl (C=O) groups is 2. The van der Waals surface area contributed by atoms with Gasteiger partial charge >= 0.3 is 0 Å². The van der Waals surface area contributed by atoms with Crippen molar-refractivity contribution in [2.45, 2.75) is 6.92 Å². The lowest BCUT2D eigenvalue weighted by Crippen LogP contribution is -2.27. The standard InChI is InChI=1S/C18H16N4O2/c1-11-7-9-13(10-8-11)20-16-14(15(19)18(24)22-16)17(23)21-12-5-3-2-4-6-12/h2-10H,1H3,(H,21,23)(H3,19,20,22,24). The second-order valence-electron chi connectivity index (χ2n) is 5.36. The van der Waals surface area contributed by atoms with E-state index in [2.05, 4.69) is 15.6 Å². The van der Waals surface area contributed by atoms with Crippen molar-refractivity contribution >= 4 is 29.0 Å². The summed E-state index contributed by atoms with van der Waals surface area (Å²) in [7, 11) is 0. The molecule has 1 heterocycles. The topological polar surface area (TPSA) is 96.6 Å². The van der Waals surface area contributed by atoms with Crippen LogP contribution in [0.25, 0.3) is 0 Å². The van der Waals surface area contributed by atoms with E-state index in [1.165, 1.54) is 0 Å². The highest BCUT2D eigenvalue weighted by atomic mass is 16.2. The van der Waals surface area contributed by atoms with Crippen LogP contribution in [0.4, 0.5) is 11.4 Å². The van der Waals surface area contributed by atoms with Crippen LogP contribution in [0.15, 0.2) is 70.9 Å². The van der Waals surface area contributed by atoms with Gasteiger partial charge in [0.15, 0.2) is 0 Å². The number of anilines is 1. The van der Waals surface area contributed by atoms with E-state index in [1.54, 1.807) is 36.4 Å². The summed E-state index contributed by atoms with van der Waals surface area (Å²) in [5.74, 6) is -0.864. The molecule has 2 aromatic rings. The molecule has 6 heteroatoms. The summed E-state index contributed by atoms with van der Waals surface area (Å²) < 4.78 is 0. The Morgan fingerprint density at radius 3 is 2.42 bits per heavy atom. The summed E-state index contributed by atoms with van der Waals surface area (Å²) in [6, 6.07) is 16.3. The number of aryl methyl sites for hydroxylation is 1. The Morgan fingerprint density at radius 1 is 1.08 bits per heavy atom. The van der Waals surface area contributed by atoms with Crippen LogP contribution in [0.2, 0.25) is 0 Å². The van der Waals surface area contributed by atoms with Gasteiger partial charge in [0.05, 0.1) is 5.69 Å². The van der Waals surface area contributed by atoms with Gasteiger partial charge in [-0.15, -0.1) is 0 Å². The molecule has 0 saturated heterocycles. The maximum absolute atomic E-state index is 12.5. The van der Waals surface area contributed by atoms with Crippen LogP contribution in [-0.4, -0.2) is 17.6 Å². The molecule has 0 bridgehead atoms. The average Bonchev–Trinajstić information content (AvgIpc) is 2.85. The molecule has 4 N–H and O–H groups in total. The van der Waals surface area contributed by atoms with Gasteiger partial charge in [-0.2, -0.15) is 0 Å². The highest BCUT2D eigenvalue weighted by molar-refractivity contribution is 6.35. The number of benzene rings is 2. The van der Waals surface area contributed by atoms with Crippen LogP contribution in [0.5, 0.6) is 0 Å². The summed E-state index contributed by atoms with van der Waals surface area (Å²) >= 11 is 0. The number of nitrogens with zero attached hydrogens (tertiary/aromatic N) is 1. The summed E-state index contributed by atoms with van der Waals surface area (Å²) in [6.07, 6.45) is 0. The van der Waals surface area contributed by atoms with E-state index in [0.717, 1.165) is 5.56 Å². The molecule has 24 heavy (non-hydrogen) atoms. The van der Waals surface area contributed by atoms with Crippen molar-refractivity contribution in [3.05, 3.63) is 71.4 Å². The van der Waals surface area contributed by atoms with E-state index in [1.807, 2.05) is 25.1 Å². The number of carbonyl (C=O) groups excluding carboxylic acids is 2. The van der Waals surface area contributed by atoms with E-state index in [0.29, 0.717) is 11.4 Å². The highest BCUT2D eigenvalue weighted by Gasteiger charge is 2.31. The Bertz CT molecular complexity index is 852. The fourth-order valence-electron chi connectivity index (χ4n) is 2.26. The molecule has 2 aromatic carbocycles. The van der Waals surface area contributed by atoms with Crippen LogP contribution in [0.1, 0.15) is 5.56 Å². The lowest BCUT2D eigenvalue weighted by atomic mass is 10.2. The Morgan fingerprint density at radius 2 is 1.75 bits per heavy atom. The van der Waals surface area contributed by atoms with Gasteiger partial charge in [0, 0.05) is 5.69 Å². The number of amidine groups is 1. The number of para-hydroxylation sites is 1. The number of hydrogen-bond acceptors (Lipinski definition) is 4. The van der Waals surface area contributed by atoms with E-state index in [9.17, 15) is 9.59 Å². The van der Waals surface area contributed by atoms with Gasteiger partial charge in [0.25, 0.3) is 11.8 Å². The number of rotatable bonds is 3. The fourth-order valence-corrected chi connectivity index (χ4v) is 2.26. The third kappa shape index (κ3) is 3.17. The first-order chi connectivity index (χ1) is 11.5. The third-order valence-electron chi connectivity index (χ3n) is 3.52. The molecule has 0 aromatic heterocycles. The molecule has 0 radical (unpaired) electrons. The molecule has 0 spiro atoms. The number of nitrogens with one attached hydrogen (secondary N) is 2. The molecule has 0 aliphatic carbocycles. The maximum Gasteiger partial charge on any atom is 0.273 e. The minimum absolute atomic E-state index is 0.0458. The highest BCUT2D eigenvalue weighted by Crippen LogP contribution is 2.19. The maximum atomic E-state index is 12.5. The summed E-state index contributed by atoms with van der Waals surface area (Å²) in [5.41, 5.74) is 7.99. The predicted octanol–water partition coefficient (Wildman–Crippen LogP) is 2.01. The predicted molar refractivity (Wildman–Crippen MR) is 92.7 cm³/mol. The van der Waals surface area contributed by atoms with Gasteiger partial charge in [0.2, 0.25) is 0 Å². The molecule has 0 atom stereocenters. The van der Waals surface area contributed by atoms with Gasteiger partial charge in [-0.05, 0) is 31.2 Å². The minimum Gasteiger partial charge on any atom is -0.393 e. The van der Waals surface area contributed by atoms with Crippen molar-refractivity contribution in [3.63, 3.8) is 0 Å². The van der Waals surface area contributed by atoms with Crippen molar-refractivity contribution in [3.8, 4) is 0 Å². The molecule has 1 aliphatic rings.